The Morgan fingerprint density at radius 1 is 1.00 bits per heavy atom. The maximum atomic E-state index is 12.4. The smallest absolute Gasteiger partial charge is 0.352 e. The number of rotatable bonds is 3. The summed E-state index contributed by atoms with van der Waals surface area (Å²) in [5, 5.41) is 12.6. The highest BCUT2D eigenvalue weighted by atomic mass is 16.4. The van der Waals surface area contributed by atoms with Crippen LogP contribution in [0.1, 0.15) is 47.2 Å². The zero-order valence-corrected chi connectivity index (χ0v) is 14.4. The molecule has 5 heteroatoms. The molecule has 0 saturated heterocycles. The topological polar surface area (TPSA) is 82.2 Å². The summed E-state index contributed by atoms with van der Waals surface area (Å²) in [4.78, 5) is 26.2. The van der Waals surface area contributed by atoms with Crippen LogP contribution in [0.15, 0.2) is 48.5 Å². The lowest BCUT2D eigenvalue weighted by atomic mass is 9.87. The van der Waals surface area contributed by atoms with Crippen molar-refractivity contribution >= 4 is 28.5 Å². The first kappa shape index (κ1) is 16.8. The molecule has 3 rings (SSSR count). The number of hydrogen-bond acceptors (Lipinski definition) is 2. The van der Waals surface area contributed by atoms with E-state index in [9.17, 15) is 9.59 Å². The number of carbonyl (C=O) groups excluding carboxylic acids is 1. The van der Waals surface area contributed by atoms with Gasteiger partial charge in [0.15, 0.2) is 0 Å². The van der Waals surface area contributed by atoms with Gasteiger partial charge in [-0.2, -0.15) is 0 Å². The number of aromatic nitrogens is 1. The van der Waals surface area contributed by atoms with Crippen molar-refractivity contribution in [2.45, 2.75) is 26.2 Å². The Kier molecular flexibility index (Phi) is 4.08. The van der Waals surface area contributed by atoms with Crippen LogP contribution in [0.25, 0.3) is 10.9 Å². The van der Waals surface area contributed by atoms with Crippen LogP contribution >= 0.6 is 0 Å². The van der Waals surface area contributed by atoms with Gasteiger partial charge in [-0.05, 0) is 47.4 Å². The maximum Gasteiger partial charge on any atom is 0.352 e. The number of nitrogens with one attached hydrogen (secondary N) is 2. The Bertz CT molecular complexity index is 947. The van der Waals surface area contributed by atoms with Crippen LogP contribution in [0.5, 0.6) is 0 Å². The molecule has 25 heavy (non-hydrogen) atoms. The van der Waals surface area contributed by atoms with E-state index in [1.807, 2.05) is 24.3 Å². The van der Waals surface area contributed by atoms with Gasteiger partial charge >= 0.3 is 5.97 Å². The molecule has 1 heterocycles. The fourth-order valence-corrected chi connectivity index (χ4v) is 2.65. The molecule has 1 aromatic heterocycles. The monoisotopic (exact) mass is 336 g/mol. The largest absolute Gasteiger partial charge is 0.477 e. The van der Waals surface area contributed by atoms with Crippen molar-refractivity contribution in [1.82, 2.24) is 4.98 Å². The molecule has 5 nitrogen and oxygen atoms in total. The molecule has 0 bridgehead atoms. The predicted octanol–water partition coefficient (Wildman–Crippen LogP) is 4.42. The first-order valence-corrected chi connectivity index (χ1v) is 8.02. The molecule has 0 aliphatic heterocycles. The number of carboxylic acids is 1. The highest BCUT2D eigenvalue weighted by molar-refractivity contribution is 6.05. The second-order valence-corrected chi connectivity index (χ2v) is 7.07. The summed E-state index contributed by atoms with van der Waals surface area (Å²) >= 11 is 0. The zero-order valence-electron chi connectivity index (χ0n) is 14.4. The first-order valence-electron chi connectivity index (χ1n) is 8.02. The van der Waals surface area contributed by atoms with E-state index in [0.29, 0.717) is 16.8 Å². The molecule has 3 N–H and O–H groups in total. The molecular formula is C20H20N2O3. The Labute approximate surface area is 145 Å². The van der Waals surface area contributed by atoms with Crippen molar-refractivity contribution in [3.05, 3.63) is 65.4 Å². The molecule has 0 spiro atoms. The van der Waals surface area contributed by atoms with Gasteiger partial charge in [-0.25, -0.2) is 4.79 Å². The Hall–Kier alpha value is -3.08. The van der Waals surface area contributed by atoms with Gasteiger partial charge in [-0.15, -0.1) is 0 Å². The standard InChI is InChI=1S/C20H20N2O3/c1-20(2,3)14-6-4-12(5-7-14)18(23)21-15-8-9-16-13(10-15)11-17(22-16)19(24)25/h4-11,22H,1-3H3,(H,21,23)(H,24,25). The average Bonchev–Trinajstić information content (AvgIpc) is 2.98. The van der Waals surface area contributed by atoms with Crippen molar-refractivity contribution in [1.29, 1.82) is 0 Å². The third kappa shape index (κ3) is 3.55. The Morgan fingerprint density at radius 2 is 1.68 bits per heavy atom. The number of anilines is 1. The summed E-state index contributed by atoms with van der Waals surface area (Å²) in [5.74, 6) is -1.21. The van der Waals surface area contributed by atoms with E-state index in [4.69, 9.17) is 5.11 Å². The number of carbonyl (C=O) groups is 2. The van der Waals surface area contributed by atoms with Crippen molar-refractivity contribution in [3.8, 4) is 0 Å². The van der Waals surface area contributed by atoms with E-state index in [1.165, 1.54) is 5.56 Å². The minimum atomic E-state index is -1.01. The number of H-pyrrole nitrogens is 1. The van der Waals surface area contributed by atoms with E-state index in [2.05, 4.69) is 31.1 Å². The van der Waals surface area contributed by atoms with Crippen LogP contribution in [0.3, 0.4) is 0 Å². The second-order valence-electron chi connectivity index (χ2n) is 7.07. The molecule has 0 aliphatic carbocycles. The van der Waals surface area contributed by atoms with E-state index < -0.39 is 5.97 Å². The number of amides is 1. The van der Waals surface area contributed by atoms with Gasteiger partial charge in [0, 0.05) is 22.2 Å². The third-order valence-corrected chi connectivity index (χ3v) is 4.12. The van der Waals surface area contributed by atoms with Gasteiger partial charge in [-0.1, -0.05) is 32.9 Å². The molecular weight excluding hydrogens is 316 g/mol. The summed E-state index contributed by atoms with van der Waals surface area (Å²) in [6, 6.07) is 14.3. The summed E-state index contributed by atoms with van der Waals surface area (Å²) in [6.45, 7) is 6.37. The molecule has 3 aromatic rings. The normalized spacial score (nSPS) is 11.5. The fourth-order valence-electron chi connectivity index (χ4n) is 2.65. The molecule has 128 valence electrons. The molecule has 0 saturated carbocycles. The molecule has 2 aromatic carbocycles. The molecule has 0 aliphatic rings. The van der Waals surface area contributed by atoms with Crippen LogP contribution in [-0.2, 0) is 5.41 Å². The summed E-state index contributed by atoms with van der Waals surface area (Å²) in [5.41, 5.74) is 3.23. The lowest BCUT2D eigenvalue weighted by Gasteiger charge is -2.19. The summed E-state index contributed by atoms with van der Waals surface area (Å²) < 4.78 is 0. The number of carboxylic acid groups (broad SMARTS) is 1. The van der Waals surface area contributed by atoms with Gasteiger partial charge in [0.2, 0.25) is 0 Å². The van der Waals surface area contributed by atoms with Crippen molar-refractivity contribution in [2.75, 3.05) is 5.32 Å². The molecule has 0 atom stereocenters. The molecule has 0 unspecified atom stereocenters. The SMILES string of the molecule is CC(C)(C)c1ccc(C(=O)Nc2ccc3[nH]c(C(=O)O)cc3c2)cc1. The van der Waals surface area contributed by atoms with Gasteiger partial charge < -0.3 is 15.4 Å². The van der Waals surface area contributed by atoms with E-state index >= 15 is 0 Å². The third-order valence-electron chi connectivity index (χ3n) is 4.12. The van der Waals surface area contributed by atoms with Crippen molar-refractivity contribution in [2.24, 2.45) is 0 Å². The number of hydrogen-bond donors (Lipinski definition) is 3. The number of aromatic amines is 1. The molecule has 0 fully saturated rings. The maximum absolute atomic E-state index is 12.4. The van der Waals surface area contributed by atoms with Gasteiger partial charge in [0.05, 0.1) is 0 Å². The van der Waals surface area contributed by atoms with Crippen LogP contribution < -0.4 is 5.32 Å². The first-order chi connectivity index (χ1) is 11.7. The summed E-state index contributed by atoms with van der Waals surface area (Å²) in [7, 11) is 0. The van der Waals surface area contributed by atoms with Crippen molar-refractivity contribution in [3.63, 3.8) is 0 Å². The number of fused-ring (bicyclic) bond motifs is 1. The lowest BCUT2D eigenvalue weighted by molar-refractivity contribution is 0.0691. The van der Waals surface area contributed by atoms with Crippen LogP contribution in [0.4, 0.5) is 5.69 Å². The van der Waals surface area contributed by atoms with E-state index in [1.54, 1.807) is 24.3 Å². The quantitative estimate of drug-likeness (QED) is 0.662. The molecule has 0 radical (unpaired) electrons. The highest BCUT2D eigenvalue weighted by Gasteiger charge is 2.14. The highest BCUT2D eigenvalue weighted by Crippen LogP contribution is 2.23. The second kappa shape index (κ2) is 6.09. The predicted molar refractivity (Wildman–Crippen MR) is 98.4 cm³/mol. The Balaban J connectivity index is 1.80. The number of aromatic carboxylic acids is 1. The van der Waals surface area contributed by atoms with Crippen LogP contribution in [-0.4, -0.2) is 22.0 Å². The average molecular weight is 336 g/mol. The minimum Gasteiger partial charge on any atom is -0.477 e. The van der Waals surface area contributed by atoms with Gasteiger partial charge in [0.1, 0.15) is 5.69 Å². The lowest BCUT2D eigenvalue weighted by Crippen LogP contribution is -2.14. The van der Waals surface area contributed by atoms with E-state index in [-0.39, 0.29) is 17.0 Å². The summed E-state index contributed by atoms with van der Waals surface area (Å²) in [6.07, 6.45) is 0. The molecule has 1 amide bonds. The van der Waals surface area contributed by atoms with Crippen molar-refractivity contribution < 1.29 is 14.7 Å². The van der Waals surface area contributed by atoms with Gasteiger partial charge in [0.25, 0.3) is 5.91 Å². The van der Waals surface area contributed by atoms with Crippen LogP contribution in [0, 0.1) is 0 Å². The minimum absolute atomic E-state index is 0.0379. The zero-order chi connectivity index (χ0) is 18.2. The van der Waals surface area contributed by atoms with Crippen LogP contribution in [0.2, 0.25) is 0 Å². The Morgan fingerprint density at radius 3 is 2.28 bits per heavy atom. The van der Waals surface area contributed by atoms with E-state index in [0.717, 1.165) is 5.39 Å². The number of benzene rings is 2. The fraction of sp³-hybridized carbons (Fsp3) is 0.200. The van der Waals surface area contributed by atoms with Gasteiger partial charge in [-0.3, -0.25) is 4.79 Å².